The molecular weight excluding hydrogens is 386 g/mol. The predicted molar refractivity (Wildman–Crippen MR) is 99.9 cm³/mol. The van der Waals surface area contributed by atoms with Crippen LogP contribution in [0.1, 0.15) is 16.1 Å². The summed E-state index contributed by atoms with van der Waals surface area (Å²) in [6.07, 6.45) is 0. The average molecular weight is 402 g/mol. The lowest BCUT2D eigenvalue weighted by Gasteiger charge is -2.15. The largest absolute Gasteiger partial charge is 0.497 e. The first-order valence-corrected chi connectivity index (χ1v) is 8.65. The molecule has 0 saturated carbocycles. The van der Waals surface area contributed by atoms with E-state index in [9.17, 15) is 9.90 Å². The van der Waals surface area contributed by atoms with Gasteiger partial charge in [-0.1, -0.05) is 28.1 Å². The van der Waals surface area contributed by atoms with Gasteiger partial charge in [0, 0.05) is 16.3 Å². The number of halogens is 1. The predicted octanol–water partition coefficient (Wildman–Crippen LogP) is 4.51. The van der Waals surface area contributed by atoms with Crippen molar-refractivity contribution in [2.24, 2.45) is 0 Å². The number of hydrogen-bond acceptors (Lipinski definition) is 4. The summed E-state index contributed by atoms with van der Waals surface area (Å²) < 4.78 is 10.5. The lowest BCUT2D eigenvalue weighted by atomic mass is 9.94. The molecule has 0 aliphatic rings. The second kappa shape index (κ2) is 7.11. The van der Waals surface area contributed by atoms with E-state index in [2.05, 4.69) is 20.9 Å². The fourth-order valence-corrected chi connectivity index (χ4v) is 3.35. The molecule has 0 bridgehead atoms. The number of carbonyl (C=O) groups is 1. The topological polar surface area (TPSA) is 68.7 Å². The van der Waals surface area contributed by atoms with Crippen LogP contribution in [0.25, 0.3) is 22.0 Å². The van der Waals surface area contributed by atoms with Crippen LogP contribution in [-0.4, -0.2) is 30.3 Å². The smallest absolute Gasteiger partial charge is 0.354 e. The van der Waals surface area contributed by atoms with E-state index in [1.165, 1.54) is 0 Å². The maximum absolute atomic E-state index is 11.7. The molecule has 1 heterocycles. The fourth-order valence-electron chi connectivity index (χ4n) is 2.80. The number of pyridine rings is 1. The molecule has 6 heteroatoms. The number of carboxylic acids is 1. The molecular formula is C19H16BrNO4. The molecule has 3 aromatic rings. The van der Waals surface area contributed by atoms with Crippen molar-refractivity contribution in [2.75, 3.05) is 14.2 Å². The Balaban J connectivity index is 2.39. The van der Waals surface area contributed by atoms with E-state index in [0.717, 1.165) is 22.3 Å². The highest BCUT2D eigenvalue weighted by atomic mass is 79.9. The van der Waals surface area contributed by atoms with Crippen molar-refractivity contribution in [2.45, 2.75) is 5.33 Å². The molecule has 5 nitrogen and oxygen atoms in total. The van der Waals surface area contributed by atoms with Crippen molar-refractivity contribution in [1.82, 2.24) is 4.98 Å². The van der Waals surface area contributed by atoms with Gasteiger partial charge in [-0.2, -0.15) is 0 Å². The Labute approximate surface area is 153 Å². The second-order valence-electron chi connectivity index (χ2n) is 5.36. The van der Waals surface area contributed by atoms with Gasteiger partial charge in [0.15, 0.2) is 5.69 Å². The van der Waals surface area contributed by atoms with Crippen molar-refractivity contribution in [3.63, 3.8) is 0 Å². The molecule has 2 aromatic carbocycles. The summed E-state index contributed by atoms with van der Waals surface area (Å²) in [4.78, 5) is 16.0. The van der Waals surface area contributed by atoms with Gasteiger partial charge in [0.1, 0.15) is 11.5 Å². The van der Waals surface area contributed by atoms with Crippen molar-refractivity contribution < 1.29 is 19.4 Å². The van der Waals surface area contributed by atoms with Gasteiger partial charge < -0.3 is 14.6 Å². The zero-order valence-corrected chi connectivity index (χ0v) is 15.3. The van der Waals surface area contributed by atoms with E-state index >= 15 is 0 Å². The first kappa shape index (κ1) is 17.2. The van der Waals surface area contributed by atoms with Crippen LogP contribution >= 0.6 is 15.9 Å². The van der Waals surface area contributed by atoms with Crippen LogP contribution in [0.4, 0.5) is 0 Å². The number of methoxy groups -OCH3 is 2. The van der Waals surface area contributed by atoms with Crippen LogP contribution in [0.2, 0.25) is 0 Å². The SMILES string of the molecule is COc1ccc(-c2c(CBr)c(C(=O)O)nc3ccc(OC)cc23)cc1. The summed E-state index contributed by atoms with van der Waals surface area (Å²) in [6, 6.07) is 12.9. The van der Waals surface area contributed by atoms with E-state index in [4.69, 9.17) is 9.47 Å². The Kier molecular flexibility index (Phi) is 4.90. The Morgan fingerprint density at radius 1 is 1.08 bits per heavy atom. The van der Waals surface area contributed by atoms with Crippen LogP contribution < -0.4 is 9.47 Å². The first-order chi connectivity index (χ1) is 12.1. The second-order valence-corrected chi connectivity index (χ2v) is 5.93. The summed E-state index contributed by atoms with van der Waals surface area (Å²) in [6.45, 7) is 0. The number of carboxylic acid groups (broad SMARTS) is 1. The van der Waals surface area contributed by atoms with Gasteiger partial charge in [-0.3, -0.25) is 0 Å². The number of fused-ring (bicyclic) bond motifs is 1. The Hall–Kier alpha value is -2.60. The van der Waals surface area contributed by atoms with E-state index in [1.54, 1.807) is 26.4 Å². The molecule has 0 fully saturated rings. The van der Waals surface area contributed by atoms with Crippen LogP contribution in [0.5, 0.6) is 11.5 Å². The molecule has 1 N–H and O–H groups in total. The number of hydrogen-bond donors (Lipinski definition) is 1. The standard InChI is InChI=1S/C19H16BrNO4/c1-24-12-5-3-11(4-6-12)17-14-9-13(25-2)7-8-16(14)21-18(19(22)23)15(17)10-20/h3-9H,10H2,1-2H3,(H,22,23). The van der Waals surface area contributed by atoms with Crippen molar-refractivity contribution in [3.8, 4) is 22.6 Å². The Morgan fingerprint density at radius 3 is 2.28 bits per heavy atom. The first-order valence-electron chi connectivity index (χ1n) is 7.53. The molecule has 25 heavy (non-hydrogen) atoms. The van der Waals surface area contributed by atoms with Crippen LogP contribution in [0.15, 0.2) is 42.5 Å². The maximum Gasteiger partial charge on any atom is 0.354 e. The van der Waals surface area contributed by atoms with E-state index in [-0.39, 0.29) is 5.69 Å². The molecule has 0 unspecified atom stereocenters. The zero-order valence-electron chi connectivity index (χ0n) is 13.7. The van der Waals surface area contributed by atoms with Gasteiger partial charge in [-0.05, 0) is 41.5 Å². The lowest BCUT2D eigenvalue weighted by Crippen LogP contribution is -2.07. The quantitative estimate of drug-likeness (QED) is 0.636. The fraction of sp³-hybridized carbons (Fsp3) is 0.158. The number of alkyl halides is 1. The molecule has 0 amide bonds. The van der Waals surface area contributed by atoms with Gasteiger partial charge in [0.05, 0.1) is 19.7 Å². The number of benzene rings is 2. The molecule has 0 aliphatic carbocycles. The third kappa shape index (κ3) is 3.17. The number of aromatic carboxylic acids is 1. The van der Waals surface area contributed by atoms with Crippen LogP contribution in [0, 0.1) is 0 Å². The van der Waals surface area contributed by atoms with Gasteiger partial charge >= 0.3 is 5.97 Å². The van der Waals surface area contributed by atoms with Gasteiger partial charge in [0.25, 0.3) is 0 Å². The molecule has 0 aliphatic heterocycles. The van der Waals surface area contributed by atoms with Crippen LogP contribution in [-0.2, 0) is 5.33 Å². The van der Waals surface area contributed by atoms with E-state index in [1.807, 2.05) is 30.3 Å². The zero-order chi connectivity index (χ0) is 18.0. The molecule has 0 saturated heterocycles. The molecule has 0 spiro atoms. The monoisotopic (exact) mass is 401 g/mol. The van der Waals surface area contributed by atoms with Crippen LogP contribution in [0.3, 0.4) is 0 Å². The van der Waals surface area contributed by atoms with Gasteiger partial charge in [-0.25, -0.2) is 9.78 Å². The number of ether oxygens (including phenoxy) is 2. The molecule has 0 radical (unpaired) electrons. The van der Waals surface area contributed by atoms with Crippen molar-refractivity contribution in [3.05, 3.63) is 53.7 Å². The average Bonchev–Trinajstić information content (AvgIpc) is 2.65. The molecule has 1 aromatic heterocycles. The minimum atomic E-state index is -1.05. The number of nitrogens with zero attached hydrogens (tertiary/aromatic N) is 1. The minimum Gasteiger partial charge on any atom is -0.497 e. The minimum absolute atomic E-state index is 0.0420. The lowest BCUT2D eigenvalue weighted by molar-refractivity contribution is 0.0690. The molecule has 3 rings (SSSR count). The highest BCUT2D eigenvalue weighted by molar-refractivity contribution is 9.08. The molecule has 0 atom stereocenters. The summed E-state index contributed by atoms with van der Waals surface area (Å²) in [7, 11) is 3.20. The highest BCUT2D eigenvalue weighted by Gasteiger charge is 2.20. The van der Waals surface area contributed by atoms with Gasteiger partial charge in [-0.15, -0.1) is 0 Å². The maximum atomic E-state index is 11.7. The summed E-state index contributed by atoms with van der Waals surface area (Å²) >= 11 is 3.42. The summed E-state index contributed by atoms with van der Waals surface area (Å²) in [5.41, 5.74) is 2.98. The Bertz CT molecular complexity index is 938. The van der Waals surface area contributed by atoms with E-state index in [0.29, 0.717) is 22.2 Å². The summed E-state index contributed by atoms with van der Waals surface area (Å²) in [5.74, 6) is 0.369. The third-order valence-corrected chi connectivity index (χ3v) is 4.57. The number of rotatable bonds is 5. The van der Waals surface area contributed by atoms with Crippen molar-refractivity contribution >= 4 is 32.8 Å². The highest BCUT2D eigenvalue weighted by Crippen LogP contribution is 2.36. The summed E-state index contributed by atoms with van der Waals surface area (Å²) in [5, 5.41) is 10.8. The third-order valence-electron chi connectivity index (χ3n) is 4.01. The van der Waals surface area contributed by atoms with Gasteiger partial charge in [0.2, 0.25) is 0 Å². The number of aromatic nitrogens is 1. The normalized spacial score (nSPS) is 10.7. The molecule has 128 valence electrons. The van der Waals surface area contributed by atoms with Crippen molar-refractivity contribution in [1.29, 1.82) is 0 Å². The van der Waals surface area contributed by atoms with E-state index < -0.39 is 5.97 Å². The Morgan fingerprint density at radius 2 is 1.72 bits per heavy atom.